The van der Waals surface area contributed by atoms with Gasteiger partial charge in [0.25, 0.3) is 12.4 Å². The number of aromatic amines is 2. The number of carboxylic acid groups (broad SMARTS) is 1. The maximum atomic E-state index is 13.1. The molecule has 0 saturated carbocycles. The van der Waals surface area contributed by atoms with Crippen molar-refractivity contribution in [2.45, 2.75) is 19.4 Å². The van der Waals surface area contributed by atoms with Gasteiger partial charge in [0.1, 0.15) is 23.4 Å². The van der Waals surface area contributed by atoms with Crippen molar-refractivity contribution in [3.05, 3.63) is 59.7 Å². The van der Waals surface area contributed by atoms with Crippen LogP contribution in [0.5, 0.6) is 0 Å². The van der Waals surface area contributed by atoms with E-state index in [9.17, 15) is 14.0 Å². The fraction of sp³-hybridized carbons (Fsp3) is 0.211. The van der Waals surface area contributed by atoms with E-state index < -0.39 is 17.9 Å². The molecule has 10 nitrogen and oxygen atoms in total. The molecule has 1 atom stereocenters. The van der Waals surface area contributed by atoms with Crippen molar-refractivity contribution in [3.63, 3.8) is 0 Å². The number of halogens is 1. The van der Waals surface area contributed by atoms with Gasteiger partial charge in [-0.25, -0.2) is 19.2 Å². The highest BCUT2D eigenvalue weighted by Crippen LogP contribution is 2.18. The van der Waals surface area contributed by atoms with Crippen molar-refractivity contribution in [2.75, 3.05) is 7.11 Å². The number of hydrogen-bond acceptors (Lipinski definition) is 6. The van der Waals surface area contributed by atoms with E-state index in [-0.39, 0.29) is 24.4 Å². The summed E-state index contributed by atoms with van der Waals surface area (Å²) in [4.78, 5) is 47.1. The number of carbonyl (C=O) groups is 3. The van der Waals surface area contributed by atoms with Crippen molar-refractivity contribution in [2.24, 2.45) is 0 Å². The van der Waals surface area contributed by atoms with E-state index in [4.69, 9.17) is 14.6 Å². The van der Waals surface area contributed by atoms with Gasteiger partial charge in [0, 0.05) is 29.6 Å². The second-order valence-corrected chi connectivity index (χ2v) is 6.00. The highest BCUT2D eigenvalue weighted by molar-refractivity contribution is 5.96. The lowest BCUT2D eigenvalue weighted by molar-refractivity contribution is -0.142. The molecule has 3 aromatic rings. The summed E-state index contributed by atoms with van der Waals surface area (Å²) in [5.74, 6) is -1.03. The number of H-pyrrole nitrogens is 2. The Morgan fingerprint density at radius 3 is 2.57 bits per heavy atom. The maximum Gasteiger partial charge on any atom is 0.328 e. The third-order valence-electron chi connectivity index (χ3n) is 3.99. The molecule has 0 aliphatic heterocycles. The summed E-state index contributed by atoms with van der Waals surface area (Å²) < 4.78 is 17.8. The second kappa shape index (κ2) is 10.5. The quantitative estimate of drug-likeness (QED) is 0.350. The number of imidazole rings is 2. The first kappa shape index (κ1) is 22.3. The van der Waals surface area contributed by atoms with Gasteiger partial charge in [0.15, 0.2) is 0 Å². The molecule has 0 aliphatic rings. The Hall–Kier alpha value is -4.02. The lowest BCUT2D eigenvalue weighted by Gasteiger charge is -2.15. The summed E-state index contributed by atoms with van der Waals surface area (Å²) in [6.07, 6.45) is 3.25. The number of nitrogens with one attached hydrogen (secondary N) is 3. The molecule has 4 N–H and O–H groups in total. The first-order chi connectivity index (χ1) is 14.4. The molecule has 11 heteroatoms. The summed E-state index contributed by atoms with van der Waals surface area (Å²) in [7, 11) is 1.25. The van der Waals surface area contributed by atoms with Crippen LogP contribution >= 0.6 is 0 Å². The van der Waals surface area contributed by atoms with Crippen molar-refractivity contribution in [1.29, 1.82) is 0 Å². The highest BCUT2D eigenvalue weighted by Gasteiger charge is 2.25. The lowest BCUT2D eigenvalue weighted by Crippen LogP contribution is -2.43. The number of aromatic nitrogens is 4. The minimum Gasteiger partial charge on any atom is -0.483 e. The normalized spacial score (nSPS) is 11.0. The van der Waals surface area contributed by atoms with Crippen LogP contribution in [0.4, 0.5) is 4.39 Å². The number of rotatable bonds is 6. The number of nitrogens with zero attached hydrogens (tertiary/aromatic N) is 2. The number of ether oxygens (including phenoxy) is 1. The first-order valence-corrected chi connectivity index (χ1v) is 8.65. The molecule has 158 valence electrons. The van der Waals surface area contributed by atoms with Crippen LogP contribution in [0, 0.1) is 12.7 Å². The van der Waals surface area contributed by atoms with Crippen LogP contribution in [0.15, 0.2) is 36.8 Å². The zero-order chi connectivity index (χ0) is 22.1. The van der Waals surface area contributed by atoms with Gasteiger partial charge in [0.2, 0.25) is 0 Å². The predicted molar refractivity (Wildman–Crippen MR) is 103 cm³/mol. The largest absolute Gasteiger partial charge is 0.483 e. The van der Waals surface area contributed by atoms with Crippen LogP contribution in [0.1, 0.15) is 21.9 Å². The third-order valence-corrected chi connectivity index (χ3v) is 3.99. The third kappa shape index (κ3) is 5.74. The molecule has 2 aromatic heterocycles. The van der Waals surface area contributed by atoms with Crippen LogP contribution < -0.4 is 5.32 Å². The topological polar surface area (TPSA) is 150 Å². The molecular formula is C19H20FN5O5. The van der Waals surface area contributed by atoms with Gasteiger partial charge >= 0.3 is 5.97 Å². The number of esters is 1. The molecule has 0 spiro atoms. The van der Waals surface area contributed by atoms with E-state index in [0.717, 1.165) is 0 Å². The van der Waals surface area contributed by atoms with Crippen LogP contribution in [0.3, 0.4) is 0 Å². The van der Waals surface area contributed by atoms with Gasteiger partial charge in [-0.3, -0.25) is 9.59 Å². The molecule has 0 bridgehead atoms. The molecule has 3 rings (SSSR count). The summed E-state index contributed by atoms with van der Waals surface area (Å²) in [6, 6.07) is 4.85. The summed E-state index contributed by atoms with van der Waals surface area (Å²) in [5, 5.41) is 9.52. The van der Waals surface area contributed by atoms with Gasteiger partial charge in [-0.1, -0.05) is 0 Å². The summed E-state index contributed by atoms with van der Waals surface area (Å²) in [6.45, 7) is 1.44. The maximum absolute atomic E-state index is 13.1. The Kier molecular flexibility index (Phi) is 7.80. The van der Waals surface area contributed by atoms with Crippen molar-refractivity contribution in [3.8, 4) is 11.4 Å². The molecule has 0 radical (unpaired) electrons. The number of carbonyl (C=O) groups excluding carboxylic acids is 2. The van der Waals surface area contributed by atoms with Crippen LogP contribution in [-0.2, 0) is 20.7 Å². The van der Waals surface area contributed by atoms with Gasteiger partial charge in [-0.05, 0) is 31.2 Å². The second-order valence-electron chi connectivity index (χ2n) is 6.00. The van der Waals surface area contributed by atoms with Crippen LogP contribution in [0.2, 0.25) is 0 Å². The summed E-state index contributed by atoms with van der Waals surface area (Å²) >= 11 is 0. The molecule has 0 unspecified atom stereocenters. The van der Waals surface area contributed by atoms with Crippen LogP contribution in [0.25, 0.3) is 11.4 Å². The van der Waals surface area contributed by atoms with Gasteiger partial charge in [-0.15, -0.1) is 0 Å². The van der Waals surface area contributed by atoms with Gasteiger partial charge in [0.05, 0.1) is 13.4 Å². The summed E-state index contributed by atoms with van der Waals surface area (Å²) in [5.41, 5.74) is 1.99. The van der Waals surface area contributed by atoms with Crippen molar-refractivity contribution < 1.29 is 28.6 Å². The number of methoxy groups -OCH3 is 1. The molecule has 1 amide bonds. The van der Waals surface area contributed by atoms with Crippen LogP contribution in [-0.4, -0.2) is 56.5 Å². The Morgan fingerprint density at radius 2 is 2.00 bits per heavy atom. The lowest BCUT2D eigenvalue weighted by atomic mass is 10.1. The zero-order valence-corrected chi connectivity index (χ0v) is 16.2. The number of hydrogen-bond donors (Lipinski definition) is 4. The van der Waals surface area contributed by atoms with E-state index in [1.807, 2.05) is 0 Å². The fourth-order valence-electron chi connectivity index (χ4n) is 2.60. The monoisotopic (exact) mass is 417 g/mol. The number of amides is 1. The fourth-order valence-corrected chi connectivity index (χ4v) is 2.60. The number of benzene rings is 1. The molecule has 0 saturated heterocycles. The highest BCUT2D eigenvalue weighted by atomic mass is 19.1. The Bertz CT molecular complexity index is 985. The van der Waals surface area contributed by atoms with Gasteiger partial charge in [-0.2, -0.15) is 0 Å². The average Bonchev–Trinajstić information content (AvgIpc) is 3.37. The Morgan fingerprint density at radius 1 is 1.33 bits per heavy atom. The smallest absolute Gasteiger partial charge is 0.328 e. The number of aryl methyl sites for hydroxylation is 1. The minimum atomic E-state index is -0.895. The van der Waals surface area contributed by atoms with E-state index in [0.29, 0.717) is 22.8 Å². The van der Waals surface area contributed by atoms with E-state index in [1.54, 1.807) is 25.3 Å². The first-order valence-electron chi connectivity index (χ1n) is 8.65. The average molecular weight is 417 g/mol. The molecule has 0 fully saturated rings. The SMILES string of the molecule is COC(=O)[C@H](Cc1cnc[nH]1)NC(=O)c1nc(-c2ccc(F)cc2)[nH]c1C.O=CO. The van der Waals surface area contributed by atoms with Gasteiger partial charge < -0.3 is 25.1 Å². The molecular weight excluding hydrogens is 397 g/mol. The van der Waals surface area contributed by atoms with E-state index in [2.05, 4.69) is 25.3 Å². The standard InChI is InChI=1S/C18H18FN5O3.CH2O2/c1-10-15(24-16(22-10)11-3-5-12(19)6-4-11)17(25)23-14(18(26)27-2)7-13-8-20-9-21-13;2-1-3/h3-6,8-9,14H,7H2,1-2H3,(H,20,21)(H,22,24)(H,23,25);1H,(H,2,3)/t14-;/m0./s1. The van der Waals surface area contributed by atoms with Crippen molar-refractivity contribution in [1.82, 2.24) is 25.3 Å². The Labute approximate surface area is 170 Å². The molecule has 0 aliphatic carbocycles. The molecule has 1 aromatic carbocycles. The minimum absolute atomic E-state index is 0.146. The predicted octanol–water partition coefficient (Wildman–Crippen LogP) is 1.46. The molecule has 2 heterocycles. The van der Waals surface area contributed by atoms with E-state index in [1.165, 1.54) is 25.6 Å². The Balaban J connectivity index is 0.00000101. The van der Waals surface area contributed by atoms with E-state index >= 15 is 0 Å². The molecule has 30 heavy (non-hydrogen) atoms. The van der Waals surface area contributed by atoms with Crippen molar-refractivity contribution >= 4 is 18.3 Å². The zero-order valence-electron chi connectivity index (χ0n) is 16.2.